The van der Waals surface area contributed by atoms with Crippen molar-refractivity contribution in [2.24, 2.45) is 0 Å². The molecule has 4 rings (SSSR count). The Labute approximate surface area is 166 Å². The van der Waals surface area contributed by atoms with E-state index in [-0.39, 0.29) is 11.9 Å². The van der Waals surface area contributed by atoms with Crippen molar-refractivity contribution in [1.29, 1.82) is 0 Å². The number of carbonyl (C=O) groups excluding carboxylic acids is 2. The number of thiophene rings is 1. The van der Waals surface area contributed by atoms with Gasteiger partial charge in [0.1, 0.15) is 27.4 Å². The quantitative estimate of drug-likeness (QED) is 0.681. The number of methoxy groups -OCH3 is 1. The Morgan fingerprint density at radius 3 is 2.71 bits per heavy atom. The van der Waals surface area contributed by atoms with Crippen LogP contribution < -0.4 is 10.2 Å². The molecule has 2 aromatic heterocycles. The summed E-state index contributed by atoms with van der Waals surface area (Å²) in [7, 11) is 1.36. The molecule has 1 aromatic carbocycles. The molecule has 7 nitrogen and oxygen atoms in total. The first-order valence-corrected chi connectivity index (χ1v) is 9.80. The average Bonchev–Trinajstić information content (AvgIpc) is 3.22. The number of nitrogens with one attached hydrogen (secondary N) is 1. The zero-order valence-corrected chi connectivity index (χ0v) is 16.7. The van der Waals surface area contributed by atoms with E-state index < -0.39 is 5.97 Å². The second-order valence-corrected chi connectivity index (χ2v) is 7.66. The highest BCUT2D eigenvalue weighted by Crippen LogP contribution is 2.35. The fourth-order valence-corrected chi connectivity index (χ4v) is 4.63. The number of ether oxygens (including phenoxy) is 1. The van der Waals surface area contributed by atoms with Crippen molar-refractivity contribution in [2.75, 3.05) is 23.9 Å². The summed E-state index contributed by atoms with van der Waals surface area (Å²) >= 11 is 1.28. The summed E-state index contributed by atoms with van der Waals surface area (Å²) in [5.41, 5.74) is 1.65. The number of benzene rings is 1. The van der Waals surface area contributed by atoms with E-state index in [4.69, 9.17) is 4.74 Å². The van der Waals surface area contributed by atoms with Gasteiger partial charge in [-0.1, -0.05) is 18.2 Å². The molecule has 1 aliphatic heterocycles. The van der Waals surface area contributed by atoms with Crippen LogP contribution in [0, 0.1) is 13.8 Å². The van der Waals surface area contributed by atoms with E-state index in [1.54, 1.807) is 11.8 Å². The zero-order chi connectivity index (χ0) is 19.8. The standard InChI is InChI=1S/C20H20N4O3S/c1-11-15-17(21-12(2)22-18(15)28-16(11)20(26)27-3)23-14-9-10-24(19(14)25)13-7-5-4-6-8-13/h4-8,14H,9-10H2,1-3H3,(H,21,22,23). The molecule has 1 atom stereocenters. The van der Waals surface area contributed by atoms with Crippen molar-refractivity contribution < 1.29 is 14.3 Å². The molecule has 1 saturated heterocycles. The maximum Gasteiger partial charge on any atom is 0.348 e. The minimum atomic E-state index is -0.392. The van der Waals surface area contributed by atoms with Gasteiger partial charge in [0.05, 0.1) is 12.5 Å². The van der Waals surface area contributed by atoms with E-state index in [1.807, 2.05) is 37.3 Å². The van der Waals surface area contributed by atoms with Crippen LogP contribution in [0.25, 0.3) is 10.2 Å². The normalized spacial score (nSPS) is 16.6. The van der Waals surface area contributed by atoms with E-state index in [2.05, 4.69) is 15.3 Å². The van der Waals surface area contributed by atoms with Crippen molar-refractivity contribution in [3.8, 4) is 0 Å². The SMILES string of the molecule is COC(=O)c1sc2nc(C)nc(NC3CCN(c4ccccc4)C3=O)c2c1C. The van der Waals surface area contributed by atoms with Crippen LogP contribution in [-0.2, 0) is 9.53 Å². The second-order valence-electron chi connectivity index (χ2n) is 6.66. The molecule has 144 valence electrons. The van der Waals surface area contributed by atoms with Crippen molar-refractivity contribution in [3.63, 3.8) is 0 Å². The molecule has 1 unspecified atom stereocenters. The van der Waals surface area contributed by atoms with E-state index in [0.29, 0.717) is 34.3 Å². The molecule has 1 aliphatic rings. The van der Waals surface area contributed by atoms with E-state index >= 15 is 0 Å². The predicted octanol–water partition coefficient (Wildman–Crippen LogP) is 3.31. The summed E-state index contributed by atoms with van der Waals surface area (Å²) < 4.78 is 4.87. The molecule has 28 heavy (non-hydrogen) atoms. The summed E-state index contributed by atoms with van der Waals surface area (Å²) in [6.45, 7) is 4.29. The van der Waals surface area contributed by atoms with Crippen molar-refractivity contribution in [2.45, 2.75) is 26.3 Å². The van der Waals surface area contributed by atoms with Crippen LogP contribution in [0.5, 0.6) is 0 Å². The Bertz CT molecular complexity index is 1060. The molecule has 1 N–H and O–H groups in total. The van der Waals surface area contributed by atoms with Crippen LogP contribution in [0.15, 0.2) is 30.3 Å². The number of para-hydroxylation sites is 1. The molecule has 3 heterocycles. The Balaban J connectivity index is 1.67. The molecular weight excluding hydrogens is 376 g/mol. The second kappa shape index (κ2) is 7.20. The maximum atomic E-state index is 12.9. The number of amides is 1. The fourth-order valence-electron chi connectivity index (χ4n) is 3.48. The lowest BCUT2D eigenvalue weighted by Crippen LogP contribution is -2.33. The third-order valence-electron chi connectivity index (χ3n) is 4.86. The van der Waals surface area contributed by atoms with Gasteiger partial charge in [-0.25, -0.2) is 14.8 Å². The van der Waals surface area contributed by atoms with Crippen molar-refractivity contribution >= 4 is 44.9 Å². The van der Waals surface area contributed by atoms with Gasteiger partial charge >= 0.3 is 5.97 Å². The minimum Gasteiger partial charge on any atom is -0.465 e. The summed E-state index contributed by atoms with van der Waals surface area (Å²) in [4.78, 5) is 36.9. The maximum absolute atomic E-state index is 12.9. The monoisotopic (exact) mass is 396 g/mol. The van der Waals surface area contributed by atoms with E-state index in [1.165, 1.54) is 18.4 Å². The van der Waals surface area contributed by atoms with Gasteiger partial charge in [-0.3, -0.25) is 4.79 Å². The van der Waals surface area contributed by atoms with Crippen LogP contribution >= 0.6 is 11.3 Å². The van der Waals surface area contributed by atoms with Crippen LogP contribution in [0.4, 0.5) is 11.5 Å². The zero-order valence-electron chi connectivity index (χ0n) is 15.9. The van der Waals surface area contributed by atoms with Gasteiger partial charge in [0, 0.05) is 12.2 Å². The molecule has 8 heteroatoms. The number of aromatic nitrogens is 2. The number of nitrogens with zero attached hydrogens (tertiary/aromatic N) is 3. The van der Waals surface area contributed by atoms with Crippen LogP contribution in [-0.4, -0.2) is 41.5 Å². The number of anilines is 2. The molecule has 1 fully saturated rings. The van der Waals surface area contributed by atoms with Crippen molar-refractivity contribution in [1.82, 2.24) is 9.97 Å². The van der Waals surface area contributed by atoms with Crippen LogP contribution in [0.2, 0.25) is 0 Å². The molecule has 0 spiro atoms. The summed E-state index contributed by atoms with van der Waals surface area (Å²) in [5, 5.41) is 4.06. The number of esters is 1. The third kappa shape index (κ3) is 3.09. The fraction of sp³-hybridized carbons (Fsp3) is 0.300. The number of hydrogen-bond acceptors (Lipinski definition) is 7. The first-order chi connectivity index (χ1) is 13.5. The van der Waals surface area contributed by atoms with Crippen LogP contribution in [0.1, 0.15) is 27.5 Å². The largest absolute Gasteiger partial charge is 0.465 e. The first-order valence-electron chi connectivity index (χ1n) is 8.98. The van der Waals surface area contributed by atoms with Gasteiger partial charge in [0.2, 0.25) is 5.91 Å². The number of fused-ring (bicyclic) bond motifs is 1. The Kier molecular flexibility index (Phi) is 4.72. The van der Waals surface area contributed by atoms with Gasteiger partial charge < -0.3 is 15.0 Å². The van der Waals surface area contributed by atoms with Gasteiger partial charge in [0.25, 0.3) is 0 Å². The highest BCUT2D eigenvalue weighted by atomic mass is 32.1. The highest BCUT2D eigenvalue weighted by Gasteiger charge is 2.33. The van der Waals surface area contributed by atoms with E-state index in [0.717, 1.165) is 16.6 Å². The highest BCUT2D eigenvalue weighted by molar-refractivity contribution is 7.20. The van der Waals surface area contributed by atoms with E-state index in [9.17, 15) is 9.59 Å². The van der Waals surface area contributed by atoms with Gasteiger partial charge in [-0.15, -0.1) is 11.3 Å². The average molecular weight is 396 g/mol. The predicted molar refractivity (Wildman–Crippen MR) is 109 cm³/mol. The lowest BCUT2D eigenvalue weighted by Gasteiger charge is -2.18. The molecule has 0 bridgehead atoms. The molecule has 3 aromatic rings. The first kappa shape index (κ1) is 18.4. The van der Waals surface area contributed by atoms with Crippen LogP contribution in [0.3, 0.4) is 0 Å². The number of carbonyl (C=O) groups is 2. The molecule has 0 radical (unpaired) electrons. The molecule has 1 amide bonds. The third-order valence-corrected chi connectivity index (χ3v) is 6.02. The van der Waals surface area contributed by atoms with Crippen molar-refractivity contribution in [3.05, 3.63) is 46.6 Å². The molecule has 0 saturated carbocycles. The summed E-state index contributed by atoms with van der Waals surface area (Å²) in [6, 6.07) is 9.25. The van der Waals surface area contributed by atoms with Gasteiger partial charge in [0.15, 0.2) is 0 Å². The van der Waals surface area contributed by atoms with Gasteiger partial charge in [-0.05, 0) is 38.0 Å². The Morgan fingerprint density at radius 2 is 2.00 bits per heavy atom. The molecule has 0 aliphatic carbocycles. The lowest BCUT2D eigenvalue weighted by molar-refractivity contribution is -0.117. The summed E-state index contributed by atoms with van der Waals surface area (Å²) in [5.74, 6) is 0.783. The number of aryl methyl sites for hydroxylation is 2. The topological polar surface area (TPSA) is 84.4 Å². The minimum absolute atomic E-state index is 0.0108. The molecular formula is C20H20N4O3S. The van der Waals surface area contributed by atoms with Gasteiger partial charge in [-0.2, -0.15) is 0 Å². The Hall–Kier alpha value is -3.00. The smallest absolute Gasteiger partial charge is 0.348 e. The lowest BCUT2D eigenvalue weighted by atomic mass is 10.2. The number of hydrogen-bond donors (Lipinski definition) is 1. The Morgan fingerprint density at radius 1 is 1.25 bits per heavy atom. The summed E-state index contributed by atoms with van der Waals surface area (Å²) in [6.07, 6.45) is 0.672. The number of rotatable bonds is 4.